The van der Waals surface area contributed by atoms with Crippen molar-refractivity contribution in [2.45, 2.75) is 51.7 Å². The van der Waals surface area contributed by atoms with E-state index >= 15 is 0 Å². The first kappa shape index (κ1) is 19.6. The van der Waals surface area contributed by atoms with Gasteiger partial charge in [0.25, 0.3) is 0 Å². The fraction of sp³-hybridized carbons (Fsp3) is 0.417. The number of rotatable bonds is 6. The zero-order valence-electron chi connectivity index (χ0n) is 17.3. The topological polar surface area (TPSA) is 50.2 Å². The molecule has 3 aromatic rings. The number of carbonyl (C=O) groups excluding carboxylic acids is 1. The second kappa shape index (κ2) is 8.78. The first-order valence-electron chi connectivity index (χ1n) is 10.6. The van der Waals surface area contributed by atoms with Gasteiger partial charge >= 0.3 is 0 Å². The summed E-state index contributed by atoms with van der Waals surface area (Å²) >= 11 is 0. The molecule has 1 saturated heterocycles. The number of likely N-dealkylation sites (tertiary alicyclic amines) is 1. The second-order valence-electron chi connectivity index (χ2n) is 8.35. The third-order valence-electron chi connectivity index (χ3n) is 5.79. The third-order valence-corrected chi connectivity index (χ3v) is 5.79. The fourth-order valence-corrected chi connectivity index (χ4v) is 4.40. The van der Waals surface area contributed by atoms with E-state index in [9.17, 15) is 4.79 Å². The number of fused-ring (bicyclic) bond motifs is 1. The Kier molecular flexibility index (Phi) is 5.95. The number of carbonyl (C=O) groups is 1. The van der Waals surface area contributed by atoms with E-state index in [0.29, 0.717) is 12.5 Å². The molecule has 1 N–H and O–H groups in total. The Morgan fingerprint density at radius 1 is 1.14 bits per heavy atom. The van der Waals surface area contributed by atoms with E-state index in [0.717, 1.165) is 25.2 Å². The Morgan fingerprint density at radius 3 is 2.59 bits per heavy atom. The summed E-state index contributed by atoms with van der Waals surface area (Å²) < 4.78 is 2.09. The summed E-state index contributed by atoms with van der Waals surface area (Å²) in [6.07, 6.45) is 8.32. The van der Waals surface area contributed by atoms with Crippen LogP contribution in [0.4, 0.5) is 0 Å². The summed E-state index contributed by atoms with van der Waals surface area (Å²) in [7, 11) is 0. The Labute approximate surface area is 172 Å². The van der Waals surface area contributed by atoms with Crippen LogP contribution < -0.4 is 5.32 Å². The number of nitrogens with one attached hydrogen (secondary N) is 1. The van der Waals surface area contributed by atoms with Gasteiger partial charge in [-0.05, 0) is 75.0 Å². The van der Waals surface area contributed by atoms with Gasteiger partial charge in [-0.25, -0.2) is 0 Å². The summed E-state index contributed by atoms with van der Waals surface area (Å²) in [6.45, 7) is 7.48. The molecule has 1 aromatic carbocycles. The molecule has 0 bridgehead atoms. The Morgan fingerprint density at radius 2 is 1.86 bits per heavy atom. The number of pyridine rings is 1. The third kappa shape index (κ3) is 4.67. The van der Waals surface area contributed by atoms with E-state index in [-0.39, 0.29) is 11.9 Å². The summed E-state index contributed by atoms with van der Waals surface area (Å²) in [4.78, 5) is 19.0. The molecule has 1 amide bonds. The molecule has 1 aliphatic rings. The van der Waals surface area contributed by atoms with Crippen molar-refractivity contribution in [3.05, 3.63) is 66.1 Å². The zero-order valence-corrected chi connectivity index (χ0v) is 17.3. The van der Waals surface area contributed by atoms with Crippen molar-refractivity contribution in [3.8, 4) is 0 Å². The second-order valence-corrected chi connectivity index (χ2v) is 8.35. The monoisotopic (exact) mass is 390 g/mol. The summed E-state index contributed by atoms with van der Waals surface area (Å²) in [5.41, 5.74) is 3.85. The first-order chi connectivity index (χ1) is 14.1. The number of nitrogens with zero attached hydrogens (tertiary/aromatic N) is 3. The quantitative estimate of drug-likeness (QED) is 0.694. The van der Waals surface area contributed by atoms with E-state index < -0.39 is 0 Å². The van der Waals surface area contributed by atoms with E-state index in [4.69, 9.17) is 0 Å². The van der Waals surface area contributed by atoms with Crippen LogP contribution in [0.1, 0.15) is 43.7 Å². The lowest BCUT2D eigenvalue weighted by atomic mass is 9.90. The maximum Gasteiger partial charge on any atom is 0.240 e. The average Bonchev–Trinajstić information content (AvgIpc) is 3.06. The molecule has 2 aromatic heterocycles. The lowest BCUT2D eigenvalue weighted by Gasteiger charge is -2.32. The van der Waals surface area contributed by atoms with Crippen LogP contribution in [0.15, 0.2) is 55.0 Å². The number of aromatic nitrogens is 2. The molecule has 0 radical (unpaired) electrons. The fourth-order valence-electron chi connectivity index (χ4n) is 4.40. The minimum absolute atomic E-state index is 0.0606. The van der Waals surface area contributed by atoms with Crippen molar-refractivity contribution < 1.29 is 4.79 Å². The van der Waals surface area contributed by atoms with Crippen molar-refractivity contribution >= 4 is 16.8 Å². The van der Waals surface area contributed by atoms with Crippen LogP contribution >= 0.6 is 0 Å². The SMILES string of the molecule is CC(C)NC(=O)Cn1cc(CN2CCC(c3ccncc3)CC2)c2ccccc21. The molecule has 5 nitrogen and oxygen atoms in total. The van der Waals surface area contributed by atoms with Crippen LogP contribution in [-0.4, -0.2) is 39.5 Å². The van der Waals surface area contributed by atoms with Crippen LogP contribution in [0.25, 0.3) is 10.9 Å². The molecule has 1 fully saturated rings. The van der Waals surface area contributed by atoms with Crippen molar-refractivity contribution in [1.82, 2.24) is 19.8 Å². The lowest BCUT2D eigenvalue weighted by molar-refractivity contribution is -0.122. The van der Waals surface area contributed by atoms with Gasteiger partial charge in [-0.15, -0.1) is 0 Å². The highest BCUT2D eigenvalue weighted by atomic mass is 16.2. The van der Waals surface area contributed by atoms with Crippen molar-refractivity contribution in [1.29, 1.82) is 0 Å². The van der Waals surface area contributed by atoms with Crippen molar-refractivity contribution in [2.75, 3.05) is 13.1 Å². The maximum absolute atomic E-state index is 12.3. The van der Waals surface area contributed by atoms with E-state index in [2.05, 4.69) is 56.3 Å². The maximum atomic E-state index is 12.3. The van der Waals surface area contributed by atoms with Crippen LogP contribution in [0.2, 0.25) is 0 Å². The molecule has 0 atom stereocenters. The van der Waals surface area contributed by atoms with Crippen LogP contribution in [-0.2, 0) is 17.9 Å². The molecule has 152 valence electrons. The van der Waals surface area contributed by atoms with Gasteiger partial charge in [-0.1, -0.05) is 18.2 Å². The highest BCUT2D eigenvalue weighted by Gasteiger charge is 2.22. The predicted molar refractivity (Wildman–Crippen MR) is 117 cm³/mol. The number of piperidine rings is 1. The molecule has 0 saturated carbocycles. The van der Waals surface area contributed by atoms with Gasteiger partial charge in [-0.2, -0.15) is 0 Å². The molecule has 0 spiro atoms. The molecule has 3 heterocycles. The molecule has 4 rings (SSSR count). The van der Waals surface area contributed by atoms with Gasteiger partial charge in [0.15, 0.2) is 0 Å². The molecule has 0 aliphatic carbocycles. The number of para-hydroxylation sites is 1. The van der Waals surface area contributed by atoms with Crippen molar-refractivity contribution in [3.63, 3.8) is 0 Å². The Bertz CT molecular complexity index is 955. The van der Waals surface area contributed by atoms with E-state index in [1.807, 2.05) is 32.3 Å². The molecular formula is C24H30N4O. The number of amides is 1. The minimum atomic E-state index is 0.0606. The lowest BCUT2D eigenvalue weighted by Crippen LogP contribution is -2.33. The van der Waals surface area contributed by atoms with Crippen LogP contribution in [0.3, 0.4) is 0 Å². The highest BCUT2D eigenvalue weighted by Crippen LogP contribution is 2.29. The number of hydrogen-bond acceptors (Lipinski definition) is 3. The standard InChI is InChI=1S/C24H30N4O/c1-18(2)26-24(29)17-28-16-21(22-5-3-4-6-23(22)28)15-27-13-9-20(10-14-27)19-7-11-25-12-8-19/h3-8,11-12,16,18,20H,9-10,13-15,17H2,1-2H3,(H,26,29). The Hall–Kier alpha value is -2.66. The first-order valence-corrected chi connectivity index (χ1v) is 10.6. The minimum Gasteiger partial charge on any atom is -0.352 e. The van der Waals surface area contributed by atoms with Gasteiger partial charge in [0.05, 0.1) is 0 Å². The smallest absolute Gasteiger partial charge is 0.240 e. The zero-order chi connectivity index (χ0) is 20.2. The van der Waals surface area contributed by atoms with Crippen LogP contribution in [0.5, 0.6) is 0 Å². The number of benzene rings is 1. The van der Waals surface area contributed by atoms with Crippen LogP contribution in [0, 0.1) is 0 Å². The van der Waals surface area contributed by atoms with Gasteiger partial charge < -0.3 is 9.88 Å². The van der Waals surface area contributed by atoms with E-state index in [1.165, 1.54) is 29.4 Å². The Balaban J connectivity index is 1.45. The molecule has 1 aliphatic heterocycles. The van der Waals surface area contributed by atoms with E-state index in [1.54, 1.807) is 0 Å². The summed E-state index contributed by atoms with van der Waals surface area (Å²) in [5.74, 6) is 0.695. The molecule has 0 unspecified atom stereocenters. The molecule has 29 heavy (non-hydrogen) atoms. The largest absolute Gasteiger partial charge is 0.352 e. The summed E-state index contributed by atoms with van der Waals surface area (Å²) in [5, 5.41) is 4.24. The molecule has 5 heteroatoms. The van der Waals surface area contributed by atoms with Gasteiger partial charge in [0, 0.05) is 42.1 Å². The summed E-state index contributed by atoms with van der Waals surface area (Å²) in [6, 6.07) is 12.9. The van der Waals surface area contributed by atoms with Gasteiger partial charge in [0.1, 0.15) is 6.54 Å². The highest BCUT2D eigenvalue weighted by molar-refractivity contribution is 5.86. The molecular weight excluding hydrogens is 360 g/mol. The normalized spacial score (nSPS) is 15.8. The predicted octanol–water partition coefficient (Wildman–Crippen LogP) is 3.94. The van der Waals surface area contributed by atoms with Gasteiger partial charge in [-0.3, -0.25) is 14.7 Å². The average molecular weight is 391 g/mol. The van der Waals surface area contributed by atoms with Gasteiger partial charge in [0.2, 0.25) is 5.91 Å². The van der Waals surface area contributed by atoms with Crippen molar-refractivity contribution in [2.24, 2.45) is 0 Å². The number of hydrogen-bond donors (Lipinski definition) is 1.